The summed E-state index contributed by atoms with van der Waals surface area (Å²) in [7, 11) is -2.58. The van der Waals surface area contributed by atoms with Crippen molar-refractivity contribution in [1.29, 1.82) is 0 Å². The van der Waals surface area contributed by atoms with Gasteiger partial charge in [0.25, 0.3) is 0 Å². The average molecular weight is 316 g/mol. The van der Waals surface area contributed by atoms with Crippen molar-refractivity contribution < 1.29 is 21.6 Å². The van der Waals surface area contributed by atoms with Crippen LogP contribution in [0.1, 0.15) is 19.7 Å². The molecule has 0 aliphatic carbocycles. The molecular weight excluding hydrogens is 301 g/mol. The Balaban J connectivity index is 2.84. The van der Waals surface area contributed by atoms with Crippen molar-refractivity contribution in [2.75, 3.05) is 6.54 Å². The Labute approximate surface area is 113 Å². The van der Waals surface area contributed by atoms with Gasteiger partial charge in [-0.3, -0.25) is 4.57 Å². The highest BCUT2D eigenvalue weighted by Crippen LogP contribution is 2.25. The van der Waals surface area contributed by atoms with Gasteiger partial charge in [0.1, 0.15) is 0 Å². The molecule has 1 aromatic rings. The first-order valence-corrected chi connectivity index (χ1v) is 7.21. The largest absolute Gasteiger partial charge is 0.451 e. The number of alkyl halides is 3. The molecule has 116 valence electrons. The first-order valence-electron chi connectivity index (χ1n) is 5.66. The number of aromatic nitrogens is 3. The van der Waals surface area contributed by atoms with E-state index in [0.717, 1.165) is 7.05 Å². The van der Waals surface area contributed by atoms with Crippen LogP contribution in [0.2, 0.25) is 0 Å². The second-order valence-electron chi connectivity index (χ2n) is 4.37. The predicted molar refractivity (Wildman–Crippen MR) is 64.5 cm³/mol. The number of hydrogen-bond donors (Lipinski definition) is 1. The van der Waals surface area contributed by atoms with Crippen LogP contribution in [0.25, 0.3) is 0 Å². The van der Waals surface area contributed by atoms with Crippen LogP contribution >= 0.6 is 0 Å². The minimum Gasteiger partial charge on any atom is -0.274 e. The predicted octanol–water partition coefficient (Wildman–Crippen LogP) is -0.0716. The molecule has 0 aliphatic rings. The van der Waals surface area contributed by atoms with Crippen LogP contribution in [0.5, 0.6) is 0 Å². The van der Waals surface area contributed by atoms with Crippen LogP contribution in [0, 0.1) is 0 Å². The van der Waals surface area contributed by atoms with Gasteiger partial charge in [0, 0.05) is 13.6 Å². The van der Waals surface area contributed by atoms with Crippen LogP contribution in [0.3, 0.4) is 0 Å². The maximum absolute atomic E-state index is 12.5. The van der Waals surface area contributed by atoms with Gasteiger partial charge in [-0.1, -0.05) is 0 Å². The second-order valence-corrected chi connectivity index (χ2v) is 6.70. The van der Waals surface area contributed by atoms with Gasteiger partial charge in [0.2, 0.25) is 15.8 Å². The van der Waals surface area contributed by atoms with E-state index in [1.807, 2.05) is 0 Å². The quantitative estimate of drug-likeness (QED) is 0.824. The molecule has 0 atom stereocenters. The number of hydrogen-bond acceptors (Lipinski definition) is 4. The second kappa shape index (κ2) is 5.56. The highest BCUT2D eigenvalue weighted by atomic mass is 32.2. The van der Waals surface area contributed by atoms with E-state index >= 15 is 0 Å². The highest BCUT2D eigenvalue weighted by Gasteiger charge is 2.37. The Morgan fingerprint density at radius 1 is 1.35 bits per heavy atom. The molecule has 0 bridgehead atoms. The number of halogens is 3. The van der Waals surface area contributed by atoms with Crippen LogP contribution in [-0.4, -0.2) is 34.6 Å². The van der Waals surface area contributed by atoms with E-state index in [0.29, 0.717) is 9.25 Å². The van der Waals surface area contributed by atoms with Crippen LogP contribution in [0.4, 0.5) is 13.2 Å². The first-order chi connectivity index (χ1) is 8.97. The van der Waals surface area contributed by atoms with E-state index in [9.17, 15) is 26.4 Å². The summed E-state index contributed by atoms with van der Waals surface area (Å²) in [6, 6.07) is 0. The molecule has 0 aromatic carbocycles. The third-order valence-electron chi connectivity index (χ3n) is 2.54. The zero-order valence-electron chi connectivity index (χ0n) is 11.1. The summed E-state index contributed by atoms with van der Waals surface area (Å²) in [4.78, 5) is 11.5. The number of rotatable bonds is 5. The van der Waals surface area contributed by atoms with E-state index in [2.05, 4.69) is 9.82 Å². The Kier molecular flexibility index (Phi) is 4.64. The van der Waals surface area contributed by atoms with Gasteiger partial charge in [0.05, 0.1) is 11.8 Å². The van der Waals surface area contributed by atoms with Crippen LogP contribution < -0.4 is 10.4 Å². The van der Waals surface area contributed by atoms with Gasteiger partial charge < -0.3 is 0 Å². The molecule has 1 rings (SSSR count). The molecule has 0 saturated heterocycles. The number of nitrogens with zero attached hydrogens (tertiary/aromatic N) is 3. The van der Waals surface area contributed by atoms with E-state index in [4.69, 9.17) is 0 Å². The SMILES string of the molecule is CC(C)S(=O)(=O)NCCn1nc(C(F)(F)F)n(C)c1=O. The van der Waals surface area contributed by atoms with E-state index in [1.165, 1.54) is 13.8 Å². The van der Waals surface area contributed by atoms with Crippen molar-refractivity contribution in [1.82, 2.24) is 19.1 Å². The minimum atomic E-state index is -4.74. The highest BCUT2D eigenvalue weighted by molar-refractivity contribution is 7.90. The monoisotopic (exact) mass is 316 g/mol. The Morgan fingerprint density at radius 3 is 2.30 bits per heavy atom. The molecule has 1 N–H and O–H groups in total. The molecule has 0 fully saturated rings. The van der Waals surface area contributed by atoms with Crippen molar-refractivity contribution in [2.24, 2.45) is 7.05 Å². The van der Waals surface area contributed by atoms with Crippen LogP contribution in [0.15, 0.2) is 4.79 Å². The van der Waals surface area contributed by atoms with E-state index in [-0.39, 0.29) is 13.1 Å². The smallest absolute Gasteiger partial charge is 0.274 e. The molecule has 0 saturated carbocycles. The summed E-state index contributed by atoms with van der Waals surface area (Å²) >= 11 is 0. The summed E-state index contributed by atoms with van der Waals surface area (Å²) in [6.07, 6.45) is -4.74. The molecule has 0 unspecified atom stereocenters. The molecule has 0 spiro atoms. The van der Waals surface area contributed by atoms with Crippen molar-refractivity contribution in [2.45, 2.75) is 31.8 Å². The summed E-state index contributed by atoms with van der Waals surface area (Å²) in [5, 5.41) is 2.48. The van der Waals surface area contributed by atoms with Gasteiger partial charge in [-0.25, -0.2) is 22.6 Å². The third-order valence-corrected chi connectivity index (χ3v) is 4.39. The number of sulfonamides is 1. The molecule has 11 heteroatoms. The topological polar surface area (TPSA) is 86.0 Å². The van der Waals surface area contributed by atoms with Gasteiger partial charge in [-0.15, -0.1) is 5.10 Å². The fourth-order valence-corrected chi connectivity index (χ4v) is 2.05. The minimum absolute atomic E-state index is 0.214. The molecule has 0 amide bonds. The Morgan fingerprint density at radius 2 is 1.90 bits per heavy atom. The zero-order chi connectivity index (χ0) is 15.7. The van der Waals surface area contributed by atoms with E-state index < -0.39 is 33.0 Å². The molecule has 1 aromatic heterocycles. The summed E-state index contributed by atoms with van der Waals surface area (Å²) in [5.74, 6) is -1.32. The van der Waals surface area contributed by atoms with Crippen molar-refractivity contribution in [3.8, 4) is 0 Å². The Bertz CT molecular complexity index is 630. The maximum atomic E-state index is 12.5. The molecule has 0 radical (unpaired) electrons. The zero-order valence-corrected chi connectivity index (χ0v) is 11.9. The maximum Gasteiger partial charge on any atom is 0.451 e. The molecule has 7 nitrogen and oxygen atoms in total. The lowest BCUT2D eigenvalue weighted by Crippen LogP contribution is -2.35. The molecule has 20 heavy (non-hydrogen) atoms. The standard InChI is InChI=1S/C9H15F3N4O3S/c1-6(2)20(18,19)13-4-5-16-8(17)15(3)7(14-16)9(10,11)12/h6,13H,4-5H2,1-3H3. The number of nitrogens with one attached hydrogen (secondary N) is 1. The lowest BCUT2D eigenvalue weighted by molar-refractivity contribution is -0.147. The first kappa shape index (κ1) is 16.7. The van der Waals surface area contributed by atoms with Crippen molar-refractivity contribution >= 4 is 10.0 Å². The molecule has 1 heterocycles. The van der Waals surface area contributed by atoms with Crippen molar-refractivity contribution in [3.05, 3.63) is 16.3 Å². The van der Waals surface area contributed by atoms with Gasteiger partial charge in [-0.05, 0) is 13.8 Å². The molecule has 0 aliphatic heterocycles. The molecular formula is C9H15F3N4O3S. The van der Waals surface area contributed by atoms with E-state index in [1.54, 1.807) is 0 Å². The van der Waals surface area contributed by atoms with Crippen molar-refractivity contribution in [3.63, 3.8) is 0 Å². The third kappa shape index (κ3) is 3.60. The van der Waals surface area contributed by atoms with Gasteiger partial charge >= 0.3 is 11.9 Å². The summed E-state index contributed by atoms with van der Waals surface area (Å²) in [5.41, 5.74) is -0.957. The van der Waals surface area contributed by atoms with Gasteiger partial charge in [-0.2, -0.15) is 13.2 Å². The lowest BCUT2D eigenvalue weighted by atomic mass is 10.6. The lowest BCUT2D eigenvalue weighted by Gasteiger charge is -2.08. The van der Waals surface area contributed by atoms with Crippen LogP contribution in [-0.2, 0) is 29.8 Å². The normalized spacial score (nSPS) is 13.2. The Hall–Kier alpha value is -1.36. The summed E-state index contributed by atoms with van der Waals surface area (Å²) < 4.78 is 63.5. The average Bonchev–Trinajstić information content (AvgIpc) is 2.56. The van der Waals surface area contributed by atoms with Gasteiger partial charge in [0.15, 0.2) is 0 Å². The fourth-order valence-electron chi connectivity index (χ4n) is 1.34. The fraction of sp³-hybridized carbons (Fsp3) is 0.778. The summed E-state index contributed by atoms with van der Waals surface area (Å²) in [6.45, 7) is 2.41.